The number of carbonyl (C=O) groups is 1. The number of halogens is 2. The molecule has 0 spiro atoms. The molecule has 2 saturated heterocycles. The second-order valence-corrected chi connectivity index (χ2v) is 12.3. The van der Waals surface area contributed by atoms with Gasteiger partial charge in [-0.25, -0.2) is 14.0 Å². The van der Waals surface area contributed by atoms with Crippen molar-refractivity contribution in [1.82, 2.24) is 28.7 Å². The van der Waals surface area contributed by atoms with Crippen molar-refractivity contribution in [3.8, 4) is 11.4 Å². The average molecular weight is 602 g/mol. The molecule has 1 amide bonds. The molecule has 1 aliphatic carbocycles. The average Bonchev–Trinajstić information content (AvgIpc) is 3.34. The van der Waals surface area contributed by atoms with Crippen molar-refractivity contribution in [3.63, 3.8) is 0 Å². The highest BCUT2D eigenvalue weighted by Crippen LogP contribution is 2.43. The number of fused-ring (bicyclic) bond motifs is 1. The minimum atomic E-state index is -2.94. The van der Waals surface area contributed by atoms with Gasteiger partial charge in [-0.2, -0.15) is 13.9 Å². The SMILES string of the molecule is CN(C)SNC(=O)c1cc(N2CCC(N3CCOCC3)CC2)c2c(C3CCC3)nn(-c3cccc(OC(F)F)c3)c2n1. The summed E-state index contributed by atoms with van der Waals surface area (Å²) in [6.45, 7) is 2.25. The van der Waals surface area contributed by atoms with Crippen LogP contribution in [0.15, 0.2) is 30.3 Å². The highest BCUT2D eigenvalue weighted by molar-refractivity contribution is 7.95. The number of amides is 1. The monoisotopic (exact) mass is 601 g/mol. The van der Waals surface area contributed by atoms with Crippen LogP contribution in [0.4, 0.5) is 14.5 Å². The van der Waals surface area contributed by atoms with E-state index in [0.29, 0.717) is 17.4 Å². The van der Waals surface area contributed by atoms with Crippen molar-refractivity contribution in [2.24, 2.45) is 0 Å². The summed E-state index contributed by atoms with van der Waals surface area (Å²) in [6.07, 6.45) is 5.22. The van der Waals surface area contributed by atoms with Crippen LogP contribution in [-0.2, 0) is 4.74 Å². The van der Waals surface area contributed by atoms with Gasteiger partial charge < -0.3 is 14.4 Å². The highest BCUT2D eigenvalue weighted by atomic mass is 32.2. The maximum atomic E-state index is 13.3. The van der Waals surface area contributed by atoms with Gasteiger partial charge in [0.15, 0.2) is 5.65 Å². The number of ether oxygens (including phenoxy) is 2. The molecule has 226 valence electrons. The third kappa shape index (κ3) is 6.19. The molecule has 0 bridgehead atoms. The Kier molecular flexibility index (Phi) is 8.80. The minimum Gasteiger partial charge on any atom is -0.435 e. The Morgan fingerprint density at radius 3 is 2.55 bits per heavy atom. The normalized spacial score (nSPS) is 19.0. The fourth-order valence-electron chi connectivity index (χ4n) is 6.03. The summed E-state index contributed by atoms with van der Waals surface area (Å²) in [5.74, 6) is 0.00970. The second-order valence-electron chi connectivity index (χ2n) is 11.2. The topological polar surface area (TPSA) is 88.0 Å². The zero-order valence-electron chi connectivity index (χ0n) is 24.0. The number of nitrogens with zero attached hydrogens (tertiary/aromatic N) is 6. The Morgan fingerprint density at radius 2 is 1.88 bits per heavy atom. The molecule has 3 fully saturated rings. The molecule has 13 heteroatoms. The molecule has 4 heterocycles. The Bertz CT molecular complexity index is 1400. The summed E-state index contributed by atoms with van der Waals surface area (Å²) in [7, 11) is 3.69. The predicted octanol–water partition coefficient (Wildman–Crippen LogP) is 4.45. The summed E-state index contributed by atoms with van der Waals surface area (Å²) < 4.78 is 42.6. The molecule has 0 unspecified atom stereocenters. The van der Waals surface area contributed by atoms with E-state index in [-0.39, 0.29) is 23.3 Å². The van der Waals surface area contributed by atoms with Gasteiger partial charge in [-0.1, -0.05) is 12.5 Å². The number of hydrogen-bond donors (Lipinski definition) is 1. The van der Waals surface area contributed by atoms with E-state index in [1.807, 2.05) is 20.2 Å². The third-order valence-electron chi connectivity index (χ3n) is 8.34. The van der Waals surface area contributed by atoms with E-state index in [4.69, 9.17) is 14.8 Å². The van der Waals surface area contributed by atoms with Gasteiger partial charge in [0.05, 0.1) is 35.7 Å². The van der Waals surface area contributed by atoms with Crippen LogP contribution in [0.2, 0.25) is 0 Å². The molecule has 42 heavy (non-hydrogen) atoms. The second kappa shape index (κ2) is 12.7. The lowest BCUT2D eigenvalue weighted by molar-refractivity contribution is -0.0498. The van der Waals surface area contributed by atoms with Crippen molar-refractivity contribution >= 4 is 34.8 Å². The smallest absolute Gasteiger partial charge is 0.387 e. The van der Waals surface area contributed by atoms with Gasteiger partial charge in [-0.15, -0.1) is 0 Å². The Balaban J connectivity index is 1.43. The first-order valence-electron chi connectivity index (χ1n) is 14.6. The first-order chi connectivity index (χ1) is 20.4. The highest BCUT2D eigenvalue weighted by Gasteiger charge is 2.32. The van der Waals surface area contributed by atoms with Crippen LogP contribution in [0.5, 0.6) is 5.75 Å². The number of hydrogen-bond acceptors (Lipinski definition) is 9. The number of nitrogens with one attached hydrogen (secondary N) is 1. The van der Waals surface area contributed by atoms with Crippen molar-refractivity contribution in [3.05, 3.63) is 41.7 Å². The van der Waals surface area contributed by atoms with Gasteiger partial charge in [0.1, 0.15) is 11.4 Å². The standard InChI is InChI=1S/C29H37F2N7O3S/c1-35(2)42-34-28(39)23-18-24(37-11-9-20(10-12-37)36-13-15-40-16-14-36)25-26(19-5-3-6-19)33-38(27(25)32-23)21-7-4-8-22(17-21)41-29(30)31/h4,7-8,17-20,29H,3,5-6,9-16H2,1-2H3,(H,34,39). The zero-order valence-corrected chi connectivity index (χ0v) is 24.8. The molecule has 2 aromatic heterocycles. The molecule has 10 nitrogen and oxygen atoms in total. The predicted molar refractivity (Wildman–Crippen MR) is 158 cm³/mol. The Labute approximate surface area is 248 Å². The number of carbonyl (C=O) groups excluding carboxylic acids is 1. The van der Waals surface area contributed by atoms with Gasteiger partial charge in [0, 0.05) is 56.3 Å². The number of anilines is 1. The summed E-state index contributed by atoms with van der Waals surface area (Å²) >= 11 is 1.18. The lowest BCUT2D eigenvalue weighted by Crippen LogP contribution is -2.49. The molecular weight excluding hydrogens is 564 g/mol. The Morgan fingerprint density at radius 1 is 1.12 bits per heavy atom. The molecule has 1 saturated carbocycles. The molecule has 6 rings (SSSR count). The summed E-state index contributed by atoms with van der Waals surface area (Å²) in [5, 5.41) is 5.97. The molecule has 0 atom stereocenters. The van der Waals surface area contributed by atoms with E-state index in [1.165, 1.54) is 24.3 Å². The van der Waals surface area contributed by atoms with Gasteiger partial charge in [-0.3, -0.25) is 14.4 Å². The van der Waals surface area contributed by atoms with E-state index in [2.05, 4.69) is 19.3 Å². The number of pyridine rings is 1. The summed E-state index contributed by atoms with van der Waals surface area (Å²) in [4.78, 5) is 23.1. The summed E-state index contributed by atoms with van der Waals surface area (Å²) in [6, 6.07) is 8.88. The van der Waals surface area contributed by atoms with Crippen molar-refractivity contribution in [2.45, 2.75) is 50.7 Å². The number of rotatable bonds is 9. The van der Waals surface area contributed by atoms with Crippen molar-refractivity contribution in [2.75, 3.05) is 58.4 Å². The van der Waals surface area contributed by atoms with E-state index < -0.39 is 6.61 Å². The van der Waals surface area contributed by atoms with Crippen LogP contribution in [-0.4, -0.2) is 96.0 Å². The summed E-state index contributed by atoms with van der Waals surface area (Å²) in [5.41, 5.74) is 3.27. The van der Waals surface area contributed by atoms with Gasteiger partial charge >= 0.3 is 6.61 Å². The molecule has 3 aliphatic rings. The molecule has 2 aliphatic heterocycles. The van der Waals surface area contributed by atoms with Crippen LogP contribution in [0.3, 0.4) is 0 Å². The van der Waals surface area contributed by atoms with Crippen LogP contribution in [0.25, 0.3) is 16.7 Å². The third-order valence-corrected chi connectivity index (χ3v) is 8.99. The molecule has 1 aromatic carbocycles. The van der Waals surface area contributed by atoms with E-state index >= 15 is 0 Å². The van der Waals surface area contributed by atoms with E-state index in [9.17, 15) is 13.6 Å². The minimum absolute atomic E-state index is 0.0398. The zero-order chi connectivity index (χ0) is 29.2. The maximum absolute atomic E-state index is 13.3. The van der Waals surface area contributed by atoms with E-state index in [0.717, 1.165) is 88.3 Å². The first-order valence-corrected chi connectivity index (χ1v) is 15.3. The number of morpholine rings is 1. The van der Waals surface area contributed by atoms with Gasteiger partial charge in [0.2, 0.25) is 0 Å². The van der Waals surface area contributed by atoms with Crippen LogP contribution < -0.4 is 14.4 Å². The molecule has 1 N–H and O–H groups in total. The quantitative estimate of drug-likeness (QED) is 0.358. The van der Waals surface area contributed by atoms with Gasteiger partial charge in [-0.05, 0) is 58.0 Å². The van der Waals surface area contributed by atoms with Crippen molar-refractivity contribution in [1.29, 1.82) is 0 Å². The number of alkyl halides is 2. The maximum Gasteiger partial charge on any atom is 0.387 e. The van der Waals surface area contributed by atoms with Gasteiger partial charge in [0.25, 0.3) is 5.91 Å². The first kappa shape index (κ1) is 29.1. The number of benzene rings is 1. The van der Waals surface area contributed by atoms with Crippen LogP contribution >= 0.6 is 12.1 Å². The fourth-order valence-corrected chi connectivity index (χ4v) is 6.40. The van der Waals surface area contributed by atoms with Crippen molar-refractivity contribution < 1.29 is 23.0 Å². The van der Waals surface area contributed by atoms with E-state index in [1.54, 1.807) is 21.1 Å². The molecule has 3 aromatic rings. The lowest BCUT2D eigenvalue weighted by atomic mass is 9.82. The fraction of sp³-hybridized carbons (Fsp3) is 0.552. The van der Waals surface area contributed by atoms with Crippen LogP contribution in [0, 0.1) is 0 Å². The molecule has 0 radical (unpaired) electrons. The largest absolute Gasteiger partial charge is 0.435 e. The lowest BCUT2D eigenvalue weighted by Gasteiger charge is -2.41. The molecular formula is C29H37F2N7O3S. The number of aromatic nitrogens is 3. The van der Waals surface area contributed by atoms with Crippen LogP contribution in [0.1, 0.15) is 54.2 Å². The number of piperidine rings is 1. The Hall–Kier alpha value is -3.00.